The highest BCUT2D eigenvalue weighted by molar-refractivity contribution is 9.10. The molecule has 1 rings (SSSR count). The summed E-state index contributed by atoms with van der Waals surface area (Å²) in [5.74, 6) is 3.97. The van der Waals surface area contributed by atoms with Crippen molar-refractivity contribution < 1.29 is 9.47 Å². The van der Waals surface area contributed by atoms with E-state index < -0.39 is 0 Å². The van der Waals surface area contributed by atoms with Gasteiger partial charge in [-0.25, -0.2) is 0 Å². The van der Waals surface area contributed by atoms with Gasteiger partial charge in [0, 0.05) is 12.0 Å². The average Bonchev–Trinajstić information content (AvgIpc) is 2.30. The first-order valence-electron chi connectivity index (χ1n) is 4.74. The van der Waals surface area contributed by atoms with Gasteiger partial charge in [-0.1, -0.05) is 5.92 Å². The maximum Gasteiger partial charge on any atom is 0.133 e. The minimum absolute atomic E-state index is 0. The first kappa shape index (κ1) is 16.1. The zero-order valence-electron chi connectivity index (χ0n) is 9.70. The van der Waals surface area contributed by atoms with E-state index in [-0.39, 0.29) is 18.4 Å². The SMILES string of the molecule is C#CC(N)Cc1cc(OC)c(Br)cc1OC.Cl. The third kappa shape index (κ3) is 4.12. The van der Waals surface area contributed by atoms with Gasteiger partial charge in [0.1, 0.15) is 11.5 Å². The van der Waals surface area contributed by atoms with E-state index in [4.69, 9.17) is 21.6 Å². The van der Waals surface area contributed by atoms with Crippen LogP contribution in [0.1, 0.15) is 5.56 Å². The number of hydrogen-bond acceptors (Lipinski definition) is 3. The number of nitrogens with two attached hydrogens (primary N) is 1. The zero-order chi connectivity index (χ0) is 12.1. The molecule has 0 radical (unpaired) electrons. The second-order valence-corrected chi connectivity index (χ2v) is 4.13. The first-order valence-corrected chi connectivity index (χ1v) is 5.53. The molecule has 0 bridgehead atoms. The zero-order valence-corrected chi connectivity index (χ0v) is 12.1. The van der Waals surface area contributed by atoms with Gasteiger partial charge in [-0.3, -0.25) is 0 Å². The molecule has 1 aromatic carbocycles. The molecule has 1 unspecified atom stereocenters. The van der Waals surface area contributed by atoms with Gasteiger partial charge in [-0.2, -0.15) is 0 Å². The molecule has 1 atom stereocenters. The van der Waals surface area contributed by atoms with Gasteiger partial charge >= 0.3 is 0 Å². The van der Waals surface area contributed by atoms with Crippen molar-refractivity contribution in [3.05, 3.63) is 22.2 Å². The van der Waals surface area contributed by atoms with Crippen LogP contribution >= 0.6 is 28.3 Å². The van der Waals surface area contributed by atoms with Crippen molar-refractivity contribution >= 4 is 28.3 Å². The molecule has 1 aromatic rings. The van der Waals surface area contributed by atoms with Crippen molar-refractivity contribution in [3.8, 4) is 23.8 Å². The van der Waals surface area contributed by atoms with Crippen molar-refractivity contribution in [2.24, 2.45) is 5.73 Å². The molecule has 94 valence electrons. The molecule has 0 heterocycles. The second kappa shape index (κ2) is 7.44. The lowest BCUT2D eigenvalue weighted by Crippen LogP contribution is -2.20. The Morgan fingerprint density at radius 3 is 2.41 bits per heavy atom. The molecule has 0 saturated heterocycles. The van der Waals surface area contributed by atoms with E-state index in [1.54, 1.807) is 14.2 Å². The van der Waals surface area contributed by atoms with Crippen LogP contribution < -0.4 is 15.2 Å². The van der Waals surface area contributed by atoms with Crippen molar-refractivity contribution in [2.45, 2.75) is 12.5 Å². The fourth-order valence-corrected chi connectivity index (χ4v) is 1.86. The largest absolute Gasteiger partial charge is 0.496 e. The van der Waals surface area contributed by atoms with Crippen molar-refractivity contribution in [1.82, 2.24) is 0 Å². The molecule has 17 heavy (non-hydrogen) atoms. The summed E-state index contributed by atoms with van der Waals surface area (Å²) in [6.07, 6.45) is 5.81. The summed E-state index contributed by atoms with van der Waals surface area (Å²) in [4.78, 5) is 0. The maximum absolute atomic E-state index is 5.71. The highest BCUT2D eigenvalue weighted by Crippen LogP contribution is 2.33. The fourth-order valence-electron chi connectivity index (χ4n) is 1.38. The summed E-state index contributed by atoms with van der Waals surface area (Å²) < 4.78 is 11.3. The van der Waals surface area contributed by atoms with E-state index in [9.17, 15) is 0 Å². The van der Waals surface area contributed by atoms with Crippen LogP contribution in [0.3, 0.4) is 0 Å². The van der Waals surface area contributed by atoms with Crippen molar-refractivity contribution in [3.63, 3.8) is 0 Å². The maximum atomic E-state index is 5.71. The lowest BCUT2D eigenvalue weighted by molar-refractivity contribution is 0.396. The molecule has 3 nitrogen and oxygen atoms in total. The van der Waals surface area contributed by atoms with Crippen LogP contribution in [-0.2, 0) is 6.42 Å². The molecule has 0 aliphatic heterocycles. The molecule has 0 spiro atoms. The van der Waals surface area contributed by atoms with Gasteiger partial charge in [0.25, 0.3) is 0 Å². The Bertz CT molecular complexity index is 418. The standard InChI is InChI=1S/C12H14BrNO2.ClH/c1-4-9(14)5-8-6-12(16-3)10(13)7-11(8)15-2;/h1,6-7,9H,5,14H2,2-3H3;1H. The summed E-state index contributed by atoms with van der Waals surface area (Å²) >= 11 is 3.39. The molecule has 0 fully saturated rings. The molecule has 0 aliphatic carbocycles. The molecule has 0 aromatic heterocycles. The molecule has 0 amide bonds. The summed E-state index contributed by atoms with van der Waals surface area (Å²) in [5, 5.41) is 0. The number of methoxy groups -OCH3 is 2. The van der Waals surface area contributed by atoms with Crippen LogP contribution in [0, 0.1) is 12.3 Å². The van der Waals surface area contributed by atoms with E-state index in [1.165, 1.54) is 0 Å². The van der Waals surface area contributed by atoms with Crippen molar-refractivity contribution in [2.75, 3.05) is 14.2 Å². The summed E-state index contributed by atoms with van der Waals surface area (Å²) in [6, 6.07) is 3.40. The van der Waals surface area contributed by atoms with E-state index in [1.807, 2.05) is 12.1 Å². The monoisotopic (exact) mass is 319 g/mol. The number of halogens is 2. The molecule has 0 saturated carbocycles. The highest BCUT2D eigenvalue weighted by atomic mass is 79.9. The number of hydrogen-bond donors (Lipinski definition) is 1. The Morgan fingerprint density at radius 1 is 1.35 bits per heavy atom. The lowest BCUT2D eigenvalue weighted by Gasteiger charge is -2.13. The quantitative estimate of drug-likeness (QED) is 0.866. The van der Waals surface area contributed by atoms with Gasteiger partial charge in [-0.05, 0) is 28.1 Å². The predicted octanol–water partition coefficient (Wildman–Crippen LogP) is 2.39. The van der Waals surface area contributed by atoms with Gasteiger partial charge in [0.05, 0.1) is 24.7 Å². The third-order valence-electron chi connectivity index (χ3n) is 2.21. The summed E-state index contributed by atoms with van der Waals surface area (Å²) in [6.45, 7) is 0. The normalized spacial score (nSPS) is 11.0. The Kier molecular flexibility index (Phi) is 7.05. The van der Waals surface area contributed by atoms with Crippen molar-refractivity contribution in [1.29, 1.82) is 0 Å². The molecule has 2 N–H and O–H groups in total. The Balaban J connectivity index is 0.00000256. The number of ether oxygens (including phenoxy) is 2. The topological polar surface area (TPSA) is 44.5 Å². The van der Waals surface area contributed by atoms with Crippen LogP contribution in [0.15, 0.2) is 16.6 Å². The van der Waals surface area contributed by atoms with E-state index in [2.05, 4.69) is 21.9 Å². The average molecular weight is 321 g/mol. The predicted molar refractivity (Wildman–Crippen MR) is 75.0 cm³/mol. The van der Waals surface area contributed by atoms with E-state index in [0.29, 0.717) is 6.42 Å². The minimum atomic E-state index is -0.320. The number of rotatable bonds is 4. The number of benzene rings is 1. The van der Waals surface area contributed by atoms with Crippen LogP contribution in [0.4, 0.5) is 0 Å². The van der Waals surface area contributed by atoms with Gasteiger partial charge in [0.15, 0.2) is 0 Å². The van der Waals surface area contributed by atoms with Gasteiger partial charge in [-0.15, -0.1) is 18.8 Å². The smallest absolute Gasteiger partial charge is 0.133 e. The van der Waals surface area contributed by atoms with E-state index >= 15 is 0 Å². The molecular weight excluding hydrogens is 305 g/mol. The molecular formula is C12H15BrClNO2. The summed E-state index contributed by atoms with van der Waals surface area (Å²) in [7, 11) is 3.22. The number of terminal acetylenes is 1. The lowest BCUT2D eigenvalue weighted by atomic mass is 10.1. The Hall–Kier alpha value is -0.890. The van der Waals surface area contributed by atoms with Gasteiger partial charge in [0.2, 0.25) is 0 Å². The second-order valence-electron chi connectivity index (χ2n) is 3.28. The Labute approximate surface area is 116 Å². The van der Waals surface area contributed by atoms with Gasteiger partial charge < -0.3 is 15.2 Å². The van der Waals surface area contributed by atoms with Crippen LogP contribution in [0.2, 0.25) is 0 Å². The van der Waals surface area contributed by atoms with Crippen LogP contribution in [0.25, 0.3) is 0 Å². The van der Waals surface area contributed by atoms with Crippen LogP contribution in [-0.4, -0.2) is 20.3 Å². The minimum Gasteiger partial charge on any atom is -0.496 e. The first-order chi connectivity index (χ1) is 7.62. The Morgan fingerprint density at radius 2 is 1.94 bits per heavy atom. The summed E-state index contributed by atoms with van der Waals surface area (Å²) in [5.41, 5.74) is 6.65. The highest BCUT2D eigenvalue weighted by Gasteiger charge is 2.11. The molecule has 0 aliphatic rings. The molecule has 5 heteroatoms. The fraction of sp³-hybridized carbons (Fsp3) is 0.333. The third-order valence-corrected chi connectivity index (χ3v) is 2.83. The van der Waals surface area contributed by atoms with E-state index in [0.717, 1.165) is 21.5 Å². The van der Waals surface area contributed by atoms with Crippen LogP contribution in [0.5, 0.6) is 11.5 Å².